The Morgan fingerprint density at radius 2 is 2.09 bits per heavy atom. The second-order valence-electron chi connectivity index (χ2n) is 5.82. The van der Waals surface area contributed by atoms with Gasteiger partial charge in [0.2, 0.25) is 0 Å². The minimum Gasteiger partial charge on any atom is -0.347 e. The lowest BCUT2D eigenvalue weighted by molar-refractivity contribution is 0.0934. The van der Waals surface area contributed by atoms with E-state index in [9.17, 15) is 4.79 Å². The molecule has 3 rings (SSSR count). The van der Waals surface area contributed by atoms with Crippen molar-refractivity contribution in [2.75, 3.05) is 13.1 Å². The van der Waals surface area contributed by atoms with Crippen LogP contribution in [0.2, 0.25) is 0 Å². The molecule has 0 unspecified atom stereocenters. The first kappa shape index (κ1) is 15.2. The lowest BCUT2D eigenvalue weighted by atomic mass is 10.1. The first-order valence-electron chi connectivity index (χ1n) is 7.69. The van der Waals surface area contributed by atoms with E-state index in [1.165, 1.54) is 16.9 Å². The summed E-state index contributed by atoms with van der Waals surface area (Å²) in [6.45, 7) is 5.87. The van der Waals surface area contributed by atoms with Crippen LogP contribution in [0, 0.1) is 13.8 Å². The van der Waals surface area contributed by atoms with E-state index in [-0.39, 0.29) is 11.9 Å². The van der Waals surface area contributed by atoms with Gasteiger partial charge in [-0.3, -0.25) is 4.79 Å². The molecule has 22 heavy (non-hydrogen) atoms. The lowest BCUT2D eigenvalue weighted by Crippen LogP contribution is -2.45. The van der Waals surface area contributed by atoms with E-state index in [1.807, 2.05) is 6.92 Å². The Kier molecular flexibility index (Phi) is 4.55. The summed E-state index contributed by atoms with van der Waals surface area (Å²) in [5.41, 5.74) is 3.10. The summed E-state index contributed by atoms with van der Waals surface area (Å²) >= 11 is 1.47. The molecular weight excluding hydrogens is 294 g/mol. The highest BCUT2D eigenvalue weighted by Gasteiger charge is 2.20. The highest BCUT2D eigenvalue weighted by atomic mass is 32.1. The Morgan fingerprint density at radius 1 is 1.32 bits per heavy atom. The number of piperidine rings is 1. The van der Waals surface area contributed by atoms with Crippen molar-refractivity contribution in [2.45, 2.75) is 32.7 Å². The normalized spacial score (nSPS) is 18.2. The fraction of sp³-hybridized carbons (Fsp3) is 0.412. The van der Waals surface area contributed by atoms with E-state index in [0.717, 1.165) is 47.1 Å². The average molecular weight is 315 g/mol. The van der Waals surface area contributed by atoms with E-state index in [4.69, 9.17) is 0 Å². The maximum absolute atomic E-state index is 12.5. The average Bonchev–Trinajstić information content (AvgIpc) is 2.91. The molecule has 0 bridgehead atoms. The smallest absolute Gasteiger partial charge is 0.263 e. The number of hydrogen-bond acceptors (Lipinski definition) is 4. The van der Waals surface area contributed by atoms with Gasteiger partial charge in [0.05, 0.1) is 5.69 Å². The fourth-order valence-electron chi connectivity index (χ4n) is 2.65. The van der Waals surface area contributed by atoms with E-state index < -0.39 is 0 Å². The summed E-state index contributed by atoms with van der Waals surface area (Å²) in [6.07, 6.45) is 2.16. The quantitative estimate of drug-likeness (QED) is 0.916. The zero-order valence-corrected chi connectivity index (χ0v) is 13.8. The van der Waals surface area contributed by atoms with Crippen molar-refractivity contribution in [3.8, 4) is 10.6 Å². The summed E-state index contributed by atoms with van der Waals surface area (Å²) in [4.78, 5) is 17.8. The van der Waals surface area contributed by atoms with Gasteiger partial charge in [0.25, 0.3) is 5.91 Å². The van der Waals surface area contributed by atoms with Gasteiger partial charge in [0, 0.05) is 18.2 Å². The molecule has 1 aromatic heterocycles. The van der Waals surface area contributed by atoms with Crippen molar-refractivity contribution >= 4 is 17.2 Å². The molecule has 5 heteroatoms. The first-order valence-corrected chi connectivity index (χ1v) is 8.51. The molecule has 2 heterocycles. The Hall–Kier alpha value is -1.72. The van der Waals surface area contributed by atoms with Crippen molar-refractivity contribution in [2.24, 2.45) is 0 Å². The predicted octanol–water partition coefficient (Wildman–Crippen LogP) is 2.91. The van der Waals surface area contributed by atoms with E-state index in [1.54, 1.807) is 0 Å². The van der Waals surface area contributed by atoms with Gasteiger partial charge in [0.1, 0.15) is 9.88 Å². The third kappa shape index (κ3) is 3.36. The molecule has 1 aliphatic heterocycles. The molecule has 4 nitrogen and oxygen atoms in total. The number of carbonyl (C=O) groups excluding carboxylic acids is 1. The SMILES string of the molecule is Cc1ccc(-c2nc(C)c(C(=O)N[C@H]3CCCNC3)s2)cc1. The topological polar surface area (TPSA) is 54.0 Å². The zero-order chi connectivity index (χ0) is 15.5. The van der Waals surface area contributed by atoms with Gasteiger partial charge in [-0.1, -0.05) is 29.8 Å². The summed E-state index contributed by atoms with van der Waals surface area (Å²) in [5.74, 6) is 0.00191. The summed E-state index contributed by atoms with van der Waals surface area (Å²) in [5, 5.41) is 7.34. The molecular formula is C17H21N3OS. The molecule has 1 amide bonds. The molecule has 116 valence electrons. The third-order valence-electron chi connectivity index (χ3n) is 3.93. The van der Waals surface area contributed by atoms with E-state index >= 15 is 0 Å². The highest BCUT2D eigenvalue weighted by Crippen LogP contribution is 2.28. The van der Waals surface area contributed by atoms with E-state index in [0.29, 0.717) is 0 Å². The molecule has 1 fully saturated rings. The van der Waals surface area contributed by atoms with Gasteiger partial charge in [-0.2, -0.15) is 0 Å². The van der Waals surface area contributed by atoms with Crippen LogP contribution in [0.1, 0.15) is 33.8 Å². The van der Waals surface area contributed by atoms with Crippen LogP contribution in [0.3, 0.4) is 0 Å². The van der Waals surface area contributed by atoms with Gasteiger partial charge in [0.15, 0.2) is 0 Å². The largest absolute Gasteiger partial charge is 0.347 e. The monoisotopic (exact) mass is 315 g/mol. The summed E-state index contributed by atoms with van der Waals surface area (Å²) < 4.78 is 0. The maximum atomic E-state index is 12.5. The second kappa shape index (κ2) is 6.58. The molecule has 0 saturated carbocycles. The number of aryl methyl sites for hydroxylation is 2. The van der Waals surface area contributed by atoms with Crippen molar-refractivity contribution in [3.63, 3.8) is 0 Å². The number of rotatable bonds is 3. The number of hydrogen-bond donors (Lipinski definition) is 2. The van der Waals surface area contributed by atoms with E-state index in [2.05, 4.69) is 46.8 Å². The fourth-order valence-corrected chi connectivity index (χ4v) is 3.63. The number of thiazole rings is 1. The van der Waals surface area contributed by atoms with Crippen molar-refractivity contribution < 1.29 is 4.79 Å². The van der Waals surface area contributed by atoms with Crippen LogP contribution in [0.4, 0.5) is 0 Å². The Bertz CT molecular complexity index is 657. The Labute approximate surface area is 135 Å². The van der Waals surface area contributed by atoms with Gasteiger partial charge in [-0.25, -0.2) is 4.98 Å². The minimum atomic E-state index is 0.00191. The van der Waals surface area contributed by atoms with Crippen LogP contribution in [-0.4, -0.2) is 30.0 Å². The number of amides is 1. The van der Waals surface area contributed by atoms with Crippen LogP contribution >= 0.6 is 11.3 Å². The van der Waals surface area contributed by atoms with Crippen molar-refractivity contribution in [1.29, 1.82) is 0 Å². The summed E-state index contributed by atoms with van der Waals surface area (Å²) in [7, 11) is 0. The lowest BCUT2D eigenvalue weighted by Gasteiger charge is -2.23. The molecule has 1 aromatic carbocycles. The molecule has 2 aromatic rings. The summed E-state index contributed by atoms with van der Waals surface area (Å²) in [6, 6.07) is 8.48. The van der Waals surface area contributed by atoms with Gasteiger partial charge >= 0.3 is 0 Å². The minimum absolute atomic E-state index is 0.00191. The van der Waals surface area contributed by atoms with Gasteiger partial charge in [-0.05, 0) is 33.2 Å². The number of nitrogens with zero attached hydrogens (tertiary/aromatic N) is 1. The number of nitrogens with one attached hydrogen (secondary N) is 2. The Balaban J connectivity index is 1.76. The molecule has 0 radical (unpaired) electrons. The maximum Gasteiger partial charge on any atom is 0.263 e. The number of aromatic nitrogens is 1. The van der Waals surface area contributed by atoms with Crippen molar-refractivity contribution in [1.82, 2.24) is 15.6 Å². The molecule has 0 spiro atoms. The molecule has 1 saturated heterocycles. The van der Waals surface area contributed by atoms with Crippen LogP contribution in [0.15, 0.2) is 24.3 Å². The van der Waals surface area contributed by atoms with Gasteiger partial charge in [-0.15, -0.1) is 11.3 Å². The number of benzene rings is 1. The number of carbonyl (C=O) groups is 1. The van der Waals surface area contributed by atoms with Crippen LogP contribution in [-0.2, 0) is 0 Å². The first-order chi connectivity index (χ1) is 10.6. The molecule has 2 N–H and O–H groups in total. The van der Waals surface area contributed by atoms with Crippen LogP contribution in [0.25, 0.3) is 10.6 Å². The van der Waals surface area contributed by atoms with Gasteiger partial charge < -0.3 is 10.6 Å². The third-order valence-corrected chi connectivity index (χ3v) is 5.14. The molecule has 1 atom stereocenters. The van der Waals surface area contributed by atoms with Crippen LogP contribution in [0.5, 0.6) is 0 Å². The highest BCUT2D eigenvalue weighted by molar-refractivity contribution is 7.17. The molecule has 0 aliphatic carbocycles. The Morgan fingerprint density at radius 3 is 2.77 bits per heavy atom. The van der Waals surface area contributed by atoms with Crippen LogP contribution < -0.4 is 10.6 Å². The molecule has 1 aliphatic rings. The van der Waals surface area contributed by atoms with Crippen molar-refractivity contribution in [3.05, 3.63) is 40.4 Å². The predicted molar refractivity (Wildman–Crippen MR) is 90.4 cm³/mol. The second-order valence-corrected chi connectivity index (χ2v) is 6.82. The zero-order valence-electron chi connectivity index (χ0n) is 13.0. The standard InChI is InChI=1S/C17H21N3OS/c1-11-5-7-13(8-6-11)17-19-12(2)15(22-17)16(21)20-14-4-3-9-18-10-14/h5-8,14,18H,3-4,9-10H2,1-2H3,(H,20,21)/t14-/m0/s1.